The third-order valence-electron chi connectivity index (χ3n) is 4.48. The van der Waals surface area contributed by atoms with Gasteiger partial charge in [-0.2, -0.15) is 13.8 Å². The number of nitrogens with one attached hydrogen (secondary N) is 1. The van der Waals surface area contributed by atoms with Gasteiger partial charge >= 0.3 is 11.9 Å². The normalized spacial score (nSPS) is 19.3. The maximum atomic E-state index is 13.9. The Morgan fingerprint density at radius 2 is 1.86 bits per heavy atom. The minimum atomic E-state index is -3.45. The molecule has 0 radical (unpaired) electrons. The molecule has 8 nitrogen and oxygen atoms in total. The number of halogens is 2. The average molecular weight is 427 g/mol. The van der Waals surface area contributed by atoms with Crippen LogP contribution in [0.25, 0.3) is 0 Å². The topological polar surface area (TPSA) is 118 Å². The van der Waals surface area contributed by atoms with E-state index in [1.807, 2.05) is 0 Å². The van der Waals surface area contributed by atoms with Gasteiger partial charge in [-0.25, -0.2) is 18.2 Å². The molecule has 2 aromatic rings. The van der Waals surface area contributed by atoms with Crippen molar-refractivity contribution in [2.24, 2.45) is 0 Å². The van der Waals surface area contributed by atoms with Gasteiger partial charge in [-0.05, 0) is 25.0 Å². The van der Waals surface area contributed by atoms with E-state index < -0.39 is 50.3 Å². The van der Waals surface area contributed by atoms with E-state index in [2.05, 4.69) is 15.3 Å². The zero-order chi connectivity index (χ0) is 21.4. The zero-order valence-corrected chi connectivity index (χ0v) is 16.4. The molecule has 0 aliphatic heterocycles. The molecule has 3 rings (SSSR count). The Balaban J connectivity index is 1.99. The van der Waals surface area contributed by atoms with Crippen LogP contribution in [-0.2, 0) is 15.8 Å². The number of carboxylic acids is 1. The Hall–Kier alpha value is -2.82. The first-order chi connectivity index (χ1) is 13.4. The zero-order valence-electron chi connectivity index (χ0n) is 15.6. The number of aromatic carboxylic acids is 1. The third-order valence-corrected chi connectivity index (χ3v) is 6.08. The molecule has 11 heteroatoms. The average Bonchev–Trinajstić information content (AvgIpc) is 2.56. The molecule has 0 saturated heterocycles. The van der Waals surface area contributed by atoms with E-state index >= 15 is 0 Å². The van der Waals surface area contributed by atoms with Crippen LogP contribution in [-0.4, -0.2) is 47.0 Å². The van der Waals surface area contributed by atoms with E-state index in [0.717, 1.165) is 6.26 Å². The summed E-state index contributed by atoms with van der Waals surface area (Å²) in [6.45, 7) is 0.585. The molecule has 0 spiro atoms. The van der Waals surface area contributed by atoms with Crippen LogP contribution in [0.5, 0.6) is 11.6 Å². The molecule has 0 atom stereocenters. The molecule has 156 valence electrons. The molecule has 0 bridgehead atoms. The number of anilines is 1. The van der Waals surface area contributed by atoms with E-state index in [-0.39, 0.29) is 24.4 Å². The Morgan fingerprint density at radius 3 is 2.38 bits per heavy atom. The second kappa shape index (κ2) is 7.54. The number of aromatic nitrogens is 2. The Morgan fingerprint density at radius 1 is 1.24 bits per heavy atom. The number of sulfone groups is 1. The highest BCUT2D eigenvalue weighted by atomic mass is 32.2. The predicted octanol–water partition coefficient (Wildman–Crippen LogP) is 3.07. The van der Waals surface area contributed by atoms with Gasteiger partial charge in [-0.15, -0.1) is 0 Å². The fourth-order valence-corrected chi connectivity index (χ4v) is 4.00. The summed E-state index contributed by atoms with van der Waals surface area (Å²) >= 11 is 0. The van der Waals surface area contributed by atoms with Gasteiger partial charge in [0.25, 0.3) is 0 Å². The van der Waals surface area contributed by atoms with Crippen molar-refractivity contribution in [3.8, 4) is 11.6 Å². The van der Waals surface area contributed by atoms with E-state index in [4.69, 9.17) is 4.74 Å². The molecule has 2 N–H and O–H groups in total. The Bertz CT molecular complexity index is 1020. The van der Waals surface area contributed by atoms with Crippen LogP contribution in [0, 0.1) is 0 Å². The third kappa shape index (κ3) is 4.78. The largest absolute Gasteiger partial charge is 0.477 e. The van der Waals surface area contributed by atoms with E-state index in [1.54, 1.807) is 18.2 Å². The number of rotatable bonds is 7. The summed E-state index contributed by atoms with van der Waals surface area (Å²) in [5.41, 5.74) is -0.510. The van der Waals surface area contributed by atoms with E-state index in [0.29, 0.717) is 6.92 Å². The second-order valence-electron chi connectivity index (χ2n) is 6.95. The summed E-state index contributed by atoms with van der Waals surface area (Å²) in [5, 5.41) is 11.8. The van der Waals surface area contributed by atoms with Crippen molar-refractivity contribution in [2.75, 3.05) is 11.6 Å². The monoisotopic (exact) mass is 427 g/mol. The highest BCUT2D eigenvalue weighted by Crippen LogP contribution is 2.35. The lowest BCUT2D eigenvalue weighted by molar-refractivity contribution is 0.00714. The van der Waals surface area contributed by atoms with Crippen molar-refractivity contribution in [2.45, 2.75) is 37.0 Å². The van der Waals surface area contributed by atoms with Crippen LogP contribution in [0.4, 0.5) is 14.6 Å². The van der Waals surface area contributed by atoms with Crippen molar-refractivity contribution in [3.63, 3.8) is 0 Å². The number of para-hydroxylation sites is 1. The number of nitrogens with zero attached hydrogens (tertiary/aromatic N) is 2. The summed E-state index contributed by atoms with van der Waals surface area (Å²) in [6, 6.07) is 7.58. The van der Waals surface area contributed by atoms with Crippen molar-refractivity contribution in [1.29, 1.82) is 0 Å². The van der Waals surface area contributed by atoms with Crippen molar-refractivity contribution in [1.82, 2.24) is 9.97 Å². The van der Waals surface area contributed by atoms with Gasteiger partial charge in [-0.1, -0.05) is 18.2 Å². The highest BCUT2D eigenvalue weighted by Gasteiger charge is 2.39. The van der Waals surface area contributed by atoms with Gasteiger partial charge in [0, 0.05) is 19.2 Å². The lowest BCUT2D eigenvalue weighted by Crippen LogP contribution is -2.44. The summed E-state index contributed by atoms with van der Waals surface area (Å²) in [5.74, 6) is -6.48. The molecular weight excluding hydrogens is 408 g/mol. The Kier molecular flexibility index (Phi) is 5.44. The fourth-order valence-electron chi connectivity index (χ4n) is 2.83. The molecule has 1 aromatic heterocycles. The summed E-state index contributed by atoms with van der Waals surface area (Å²) in [6.07, 6.45) is 1.55. The molecule has 29 heavy (non-hydrogen) atoms. The van der Waals surface area contributed by atoms with E-state index in [9.17, 15) is 27.1 Å². The maximum absolute atomic E-state index is 13.9. The van der Waals surface area contributed by atoms with Crippen molar-refractivity contribution < 1.29 is 31.8 Å². The van der Waals surface area contributed by atoms with Crippen LogP contribution in [0.15, 0.2) is 30.3 Å². The molecule has 0 unspecified atom stereocenters. The predicted molar refractivity (Wildman–Crippen MR) is 100 cm³/mol. The quantitative estimate of drug-likeness (QED) is 0.692. The molecule has 1 fully saturated rings. The summed E-state index contributed by atoms with van der Waals surface area (Å²) < 4.78 is 56.4. The lowest BCUT2D eigenvalue weighted by atomic mass is 9.92. The van der Waals surface area contributed by atoms with Crippen molar-refractivity contribution in [3.05, 3.63) is 41.7 Å². The second-order valence-corrected chi connectivity index (χ2v) is 9.27. The number of ether oxygens (including phenoxy) is 1. The van der Waals surface area contributed by atoms with Gasteiger partial charge in [0.15, 0.2) is 5.56 Å². The van der Waals surface area contributed by atoms with Crippen LogP contribution in [0.2, 0.25) is 0 Å². The molecule has 1 aliphatic carbocycles. The molecule has 0 amide bonds. The summed E-state index contributed by atoms with van der Waals surface area (Å²) in [7, 11) is -3.23. The number of hydrogen-bond acceptors (Lipinski definition) is 7. The molecule has 1 aliphatic rings. The minimum Gasteiger partial charge on any atom is -0.477 e. The number of carbonyl (C=O) groups is 1. The highest BCUT2D eigenvalue weighted by molar-refractivity contribution is 7.91. The minimum absolute atomic E-state index is 0.214. The van der Waals surface area contributed by atoms with Crippen LogP contribution in [0.3, 0.4) is 0 Å². The maximum Gasteiger partial charge on any atom is 0.345 e. The van der Waals surface area contributed by atoms with Crippen molar-refractivity contribution >= 4 is 21.6 Å². The molecule has 1 aromatic carbocycles. The van der Waals surface area contributed by atoms with Gasteiger partial charge in [-0.3, -0.25) is 0 Å². The Labute approximate surface area is 165 Å². The smallest absolute Gasteiger partial charge is 0.345 e. The first-order valence-corrected chi connectivity index (χ1v) is 10.6. The van der Waals surface area contributed by atoms with Gasteiger partial charge in [0.2, 0.25) is 11.7 Å². The first-order valence-electron chi connectivity index (χ1n) is 8.67. The van der Waals surface area contributed by atoms with Gasteiger partial charge in [0.1, 0.15) is 21.4 Å². The molecule has 1 saturated carbocycles. The van der Waals surface area contributed by atoms with Gasteiger partial charge in [0.05, 0.1) is 5.25 Å². The lowest BCUT2D eigenvalue weighted by Gasteiger charge is -2.35. The number of hydrogen-bond donors (Lipinski definition) is 2. The molecule has 1 heterocycles. The number of alkyl halides is 2. The standard InChI is InChI=1S/C18H19F2N3O5S/c1-18(19,20)17-22-14(21-10-8-12(9-10)29(2,26)27)13(16(24)25)15(23-17)28-11-6-4-3-5-7-11/h3-7,10,12H,8-9H2,1-2H3,(H,24,25)(H,21,22,23). The molecular formula is C18H19F2N3O5S. The van der Waals surface area contributed by atoms with E-state index in [1.165, 1.54) is 12.1 Å². The number of benzene rings is 1. The van der Waals surface area contributed by atoms with Crippen LogP contribution >= 0.6 is 0 Å². The van der Waals surface area contributed by atoms with Crippen LogP contribution < -0.4 is 10.1 Å². The first kappa shape index (κ1) is 20.9. The SMILES string of the molecule is CC(F)(F)c1nc(NC2CC(S(C)(=O)=O)C2)c(C(=O)O)c(Oc2ccccc2)n1. The van der Waals surface area contributed by atoms with Gasteiger partial charge < -0.3 is 15.2 Å². The summed E-state index contributed by atoms with van der Waals surface area (Å²) in [4.78, 5) is 19.1. The number of carboxylic acid groups (broad SMARTS) is 1. The fraction of sp³-hybridized carbons (Fsp3) is 0.389. The van der Waals surface area contributed by atoms with Crippen LogP contribution in [0.1, 0.15) is 35.9 Å².